The monoisotopic (exact) mass is 448 g/mol. The van der Waals surface area contributed by atoms with E-state index in [2.05, 4.69) is 34.6 Å². The molecule has 0 aliphatic heterocycles. The molecule has 2 aromatic rings. The Hall–Kier alpha value is -3.79. The average molecular weight is 449 g/mol. The number of carboxylic acids is 1. The number of hydrogen-bond acceptors (Lipinski definition) is 4. The molecule has 0 bridgehead atoms. The Bertz CT molecular complexity index is 1040. The number of carboxylic acid groups (broad SMARTS) is 1. The van der Waals surface area contributed by atoms with Crippen molar-refractivity contribution in [3.63, 3.8) is 0 Å². The molecule has 3 rings (SSSR count). The number of benzene rings is 2. The third kappa shape index (κ3) is 5.92. The molecule has 0 radical (unpaired) electrons. The van der Waals surface area contributed by atoms with Crippen molar-refractivity contribution in [2.75, 3.05) is 13.2 Å². The van der Waals surface area contributed by atoms with Crippen LogP contribution in [0.15, 0.2) is 48.5 Å². The van der Waals surface area contributed by atoms with Crippen LogP contribution in [-0.4, -0.2) is 42.3 Å². The Labute approximate surface area is 193 Å². The molecule has 0 spiro atoms. The molecule has 0 saturated heterocycles. The number of fused-ring (bicyclic) bond motifs is 3. The summed E-state index contributed by atoms with van der Waals surface area (Å²) in [5.41, 5.74) is 4.47. The molecule has 0 heterocycles. The van der Waals surface area contributed by atoms with Crippen molar-refractivity contribution >= 4 is 18.0 Å². The van der Waals surface area contributed by atoms with E-state index in [0.29, 0.717) is 0 Å². The Morgan fingerprint density at radius 3 is 2.24 bits per heavy atom. The largest absolute Gasteiger partial charge is 0.481 e. The molecule has 3 N–H and O–H groups in total. The molecule has 0 fully saturated rings. The number of rotatable bonds is 9. The van der Waals surface area contributed by atoms with Gasteiger partial charge >= 0.3 is 12.1 Å². The summed E-state index contributed by atoms with van der Waals surface area (Å²) in [5.74, 6) is 3.51. The van der Waals surface area contributed by atoms with E-state index in [1.165, 1.54) is 0 Å². The van der Waals surface area contributed by atoms with Crippen LogP contribution in [0.25, 0.3) is 11.1 Å². The van der Waals surface area contributed by atoms with Crippen molar-refractivity contribution in [2.45, 2.75) is 38.6 Å². The lowest BCUT2D eigenvalue weighted by Crippen LogP contribution is -2.47. The summed E-state index contributed by atoms with van der Waals surface area (Å²) < 4.78 is 5.52. The van der Waals surface area contributed by atoms with Crippen molar-refractivity contribution in [1.82, 2.24) is 10.6 Å². The number of amides is 2. The molecule has 7 heteroatoms. The van der Waals surface area contributed by atoms with Gasteiger partial charge in [0.05, 0.1) is 5.92 Å². The summed E-state index contributed by atoms with van der Waals surface area (Å²) in [6.07, 6.45) is -0.284. The van der Waals surface area contributed by atoms with Crippen molar-refractivity contribution in [3.05, 3.63) is 59.7 Å². The highest BCUT2D eigenvalue weighted by molar-refractivity contribution is 5.86. The van der Waals surface area contributed by atoms with E-state index in [9.17, 15) is 14.4 Å². The molecule has 1 aliphatic carbocycles. The molecule has 2 atom stereocenters. The summed E-state index contributed by atoms with van der Waals surface area (Å²) in [5, 5.41) is 14.2. The summed E-state index contributed by atoms with van der Waals surface area (Å²) in [6, 6.07) is 15.2. The van der Waals surface area contributed by atoms with Gasteiger partial charge in [-0.25, -0.2) is 4.79 Å². The SMILES string of the molecule is CC#CCC(NC(=O)OCC1c2ccccc2-c2ccccc21)C(=O)NCCC(C)C(=O)O. The molecular formula is C26H28N2O5. The van der Waals surface area contributed by atoms with Gasteiger partial charge < -0.3 is 20.5 Å². The van der Waals surface area contributed by atoms with Crippen molar-refractivity contribution in [2.24, 2.45) is 5.92 Å². The molecule has 2 aromatic carbocycles. The number of nitrogens with one attached hydrogen (secondary N) is 2. The Morgan fingerprint density at radius 1 is 1.06 bits per heavy atom. The van der Waals surface area contributed by atoms with E-state index >= 15 is 0 Å². The lowest BCUT2D eigenvalue weighted by molar-refractivity contribution is -0.141. The van der Waals surface area contributed by atoms with Crippen LogP contribution in [0.3, 0.4) is 0 Å². The lowest BCUT2D eigenvalue weighted by Gasteiger charge is -2.18. The van der Waals surface area contributed by atoms with Gasteiger partial charge in [-0.2, -0.15) is 0 Å². The van der Waals surface area contributed by atoms with Crippen molar-refractivity contribution in [3.8, 4) is 23.0 Å². The van der Waals surface area contributed by atoms with Crippen LogP contribution in [0.5, 0.6) is 0 Å². The normalized spacial score (nSPS) is 13.5. The van der Waals surface area contributed by atoms with Crippen LogP contribution < -0.4 is 10.6 Å². The standard InChI is InChI=1S/C26H28N2O5/c1-3-4-13-23(24(29)27-15-14-17(2)25(30)31)28-26(32)33-16-22-20-11-7-5-9-18(20)19-10-6-8-12-21(19)22/h5-12,17,22-23H,13-16H2,1-2H3,(H,27,29)(H,28,32)(H,30,31). The molecule has 0 saturated carbocycles. The van der Waals surface area contributed by atoms with Gasteiger partial charge in [0.25, 0.3) is 0 Å². The second kappa shape index (κ2) is 11.2. The first-order chi connectivity index (χ1) is 15.9. The van der Waals surface area contributed by atoms with Crippen LogP contribution in [0, 0.1) is 17.8 Å². The van der Waals surface area contributed by atoms with Gasteiger partial charge in [-0.15, -0.1) is 11.8 Å². The second-order valence-corrected chi connectivity index (χ2v) is 7.97. The fourth-order valence-electron chi connectivity index (χ4n) is 3.85. The van der Waals surface area contributed by atoms with Crippen LogP contribution in [0.1, 0.15) is 43.7 Å². The zero-order valence-corrected chi connectivity index (χ0v) is 18.8. The van der Waals surface area contributed by atoms with E-state index in [0.717, 1.165) is 22.3 Å². The van der Waals surface area contributed by atoms with Gasteiger partial charge in [0, 0.05) is 18.9 Å². The summed E-state index contributed by atoms with van der Waals surface area (Å²) in [7, 11) is 0. The maximum atomic E-state index is 12.5. The van der Waals surface area contributed by atoms with Crippen molar-refractivity contribution in [1.29, 1.82) is 0 Å². The van der Waals surface area contributed by atoms with Crippen LogP contribution >= 0.6 is 0 Å². The molecular weight excluding hydrogens is 420 g/mol. The highest BCUT2D eigenvalue weighted by atomic mass is 16.5. The Morgan fingerprint density at radius 2 is 1.67 bits per heavy atom. The maximum absolute atomic E-state index is 12.5. The molecule has 2 amide bonds. The quantitative estimate of drug-likeness (QED) is 0.509. The maximum Gasteiger partial charge on any atom is 0.407 e. The minimum absolute atomic E-state index is 0.0802. The molecule has 33 heavy (non-hydrogen) atoms. The van der Waals surface area contributed by atoms with Gasteiger partial charge in [-0.1, -0.05) is 55.5 Å². The Kier molecular flexibility index (Phi) is 8.09. The summed E-state index contributed by atoms with van der Waals surface area (Å²) in [6.45, 7) is 3.55. The average Bonchev–Trinajstić information content (AvgIpc) is 3.13. The number of hydrogen-bond donors (Lipinski definition) is 3. The van der Waals surface area contributed by atoms with E-state index in [1.807, 2.05) is 36.4 Å². The van der Waals surface area contributed by atoms with E-state index in [-0.39, 0.29) is 31.9 Å². The van der Waals surface area contributed by atoms with Crippen LogP contribution in [0.4, 0.5) is 4.79 Å². The third-order valence-electron chi connectivity index (χ3n) is 5.73. The van der Waals surface area contributed by atoms with Gasteiger partial charge in [0.15, 0.2) is 0 Å². The third-order valence-corrected chi connectivity index (χ3v) is 5.73. The lowest BCUT2D eigenvalue weighted by atomic mass is 9.98. The summed E-state index contributed by atoms with van der Waals surface area (Å²) in [4.78, 5) is 36.0. The fourth-order valence-corrected chi connectivity index (χ4v) is 3.85. The molecule has 2 unspecified atom stereocenters. The fraction of sp³-hybridized carbons (Fsp3) is 0.346. The number of aliphatic carboxylic acids is 1. The van der Waals surface area contributed by atoms with Crippen LogP contribution in [-0.2, 0) is 14.3 Å². The van der Waals surface area contributed by atoms with Crippen LogP contribution in [0.2, 0.25) is 0 Å². The number of alkyl carbamates (subject to hydrolysis) is 1. The van der Waals surface area contributed by atoms with E-state index < -0.39 is 29.9 Å². The molecule has 0 aromatic heterocycles. The first-order valence-corrected chi connectivity index (χ1v) is 10.9. The summed E-state index contributed by atoms with van der Waals surface area (Å²) >= 11 is 0. The molecule has 7 nitrogen and oxygen atoms in total. The highest BCUT2D eigenvalue weighted by Crippen LogP contribution is 2.44. The number of carbonyl (C=O) groups is 3. The predicted octanol–water partition coefficient (Wildman–Crippen LogP) is 3.53. The van der Waals surface area contributed by atoms with E-state index in [4.69, 9.17) is 9.84 Å². The number of carbonyl (C=O) groups excluding carboxylic acids is 2. The second-order valence-electron chi connectivity index (χ2n) is 7.97. The molecule has 172 valence electrons. The van der Waals surface area contributed by atoms with Gasteiger partial charge in [-0.3, -0.25) is 9.59 Å². The minimum atomic E-state index is -0.922. The van der Waals surface area contributed by atoms with Crippen molar-refractivity contribution < 1.29 is 24.2 Å². The number of ether oxygens (including phenoxy) is 1. The van der Waals surface area contributed by atoms with E-state index in [1.54, 1.807) is 13.8 Å². The smallest absolute Gasteiger partial charge is 0.407 e. The van der Waals surface area contributed by atoms with Gasteiger partial charge in [-0.05, 0) is 35.6 Å². The zero-order valence-electron chi connectivity index (χ0n) is 18.8. The highest BCUT2D eigenvalue weighted by Gasteiger charge is 2.29. The van der Waals surface area contributed by atoms with Gasteiger partial charge in [0.2, 0.25) is 5.91 Å². The first-order valence-electron chi connectivity index (χ1n) is 10.9. The van der Waals surface area contributed by atoms with Gasteiger partial charge in [0.1, 0.15) is 12.6 Å². The minimum Gasteiger partial charge on any atom is -0.481 e. The molecule has 1 aliphatic rings. The zero-order chi connectivity index (χ0) is 23.8. The first kappa shape index (κ1) is 23.9. The Balaban J connectivity index is 1.60. The topological polar surface area (TPSA) is 105 Å². The predicted molar refractivity (Wildman–Crippen MR) is 124 cm³/mol.